The van der Waals surface area contributed by atoms with E-state index in [0.717, 1.165) is 30.4 Å². The normalized spacial score (nSPS) is 11.7. The van der Waals surface area contributed by atoms with Gasteiger partial charge in [-0.1, -0.05) is 46.8 Å². The summed E-state index contributed by atoms with van der Waals surface area (Å²) in [5.41, 5.74) is 3.66. The molecule has 0 spiro atoms. The smallest absolute Gasteiger partial charge is 0.411 e. The monoisotopic (exact) mass is 549 g/mol. The van der Waals surface area contributed by atoms with E-state index in [9.17, 15) is 14.0 Å². The lowest BCUT2D eigenvalue weighted by molar-refractivity contribution is 0.0922. The Balaban J connectivity index is 1.81. The molecular weight excluding hydrogens is 509 g/mol. The van der Waals surface area contributed by atoms with Crippen molar-refractivity contribution in [2.45, 2.75) is 72.8 Å². The summed E-state index contributed by atoms with van der Waals surface area (Å²) in [4.78, 5) is 26.1. The summed E-state index contributed by atoms with van der Waals surface area (Å²) in [5, 5.41) is 2.88. The number of anilines is 1. The van der Waals surface area contributed by atoms with Crippen molar-refractivity contribution < 1.29 is 28.2 Å². The summed E-state index contributed by atoms with van der Waals surface area (Å²) in [6.45, 7) is 10.0. The highest BCUT2D eigenvalue weighted by atomic mass is 19.1. The van der Waals surface area contributed by atoms with Crippen LogP contribution in [0.3, 0.4) is 0 Å². The lowest BCUT2D eigenvalue weighted by Crippen LogP contribution is -2.18. The number of Topliss-reactive ketones (excluding diaryl/α,β-unsaturated/α-hetero) is 1. The molecule has 3 aromatic carbocycles. The van der Waals surface area contributed by atoms with E-state index in [1.165, 1.54) is 19.2 Å². The third-order valence-corrected chi connectivity index (χ3v) is 7.31. The quantitative estimate of drug-likeness (QED) is 0.215. The number of ether oxygens (including phenoxy) is 3. The largest absolute Gasteiger partial charge is 0.496 e. The molecule has 0 bridgehead atoms. The molecule has 0 aliphatic carbocycles. The van der Waals surface area contributed by atoms with Gasteiger partial charge in [-0.25, -0.2) is 9.18 Å². The van der Waals surface area contributed by atoms with Crippen LogP contribution >= 0.6 is 0 Å². The number of aryl methyl sites for hydroxylation is 1. The van der Waals surface area contributed by atoms with Gasteiger partial charge < -0.3 is 14.2 Å². The number of hydrogen-bond donors (Lipinski definition) is 1. The van der Waals surface area contributed by atoms with Crippen LogP contribution < -0.4 is 14.8 Å². The average molecular weight is 550 g/mol. The topological polar surface area (TPSA) is 73.9 Å². The zero-order valence-corrected chi connectivity index (χ0v) is 24.3. The van der Waals surface area contributed by atoms with Crippen molar-refractivity contribution in [2.24, 2.45) is 5.92 Å². The maximum atomic E-state index is 13.3. The van der Waals surface area contributed by atoms with Crippen molar-refractivity contribution in [1.29, 1.82) is 0 Å². The van der Waals surface area contributed by atoms with Crippen LogP contribution in [0.5, 0.6) is 17.2 Å². The Labute approximate surface area is 236 Å². The summed E-state index contributed by atoms with van der Waals surface area (Å²) < 4.78 is 30.5. The molecule has 0 fully saturated rings. The van der Waals surface area contributed by atoms with Crippen molar-refractivity contribution >= 4 is 17.6 Å². The molecular formula is C33H40FNO5. The number of carbonyl (C=O) groups is 2. The van der Waals surface area contributed by atoms with Gasteiger partial charge in [-0.15, -0.1) is 0 Å². The van der Waals surface area contributed by atoms with Crippen molar-refractivity contribution in [3.63, 3.8) is 0 Å². The second kappa shape index (κ2) is 14.5. The number of methoxy groups -OCH3 is 1. The van der Waals surface area contributed by atoms with Gasteiger partial charge in [-0.3, -0.25) is 10.1 Å². The third-order valence-electron chi connectivity index (χ3n) is 7.31. The molecule has 0 heterocycles. The molecule has 0 aliphatic rings. The Morgan fingerprint density at radius 1 is 0.875 bits per heavy atom. The molecule has 214 valence electrons. The number of ketones is 1. The number of hydrogen-bond acceptors (Lipinski definition) is 5. The van der Waals surface area contributed by atoms with E-state index in [1.807, 2.05) is 39.0 Å². The summed E-state index contributed by atoms with van der Waals surface area (Å²) >= 11 is 0. The first kappa shape index (κ1) is 30.7. The first-order valence-corrected chi connectivity index (χ1v) is 14.0. The molecule has 0 saturated heterocycles. The van der Waals surface area contributed by atoms with E-state index in [4.69, 9.17) is 14.2 Å². The van der Waals surface area contributed by atoms with Crippen molar-refractivity contribution in [3.8, 4) is 17.2 Å². The third kappa shape index (κ3) is 7.40. The van der Waals surface area contributed by atoms with Crippen LogP contribution in [0.1, 0.15) is 86.8 Å². The highest BCUT2D eigenvalue weighted by molar-refractivity contribution is 6.02. The highest BCUT2D eigenvalue weighted by Crippen LogP contribution is 2.35. The Kier molecular flexibility index (Phi) is 11.1. The van der Waals surface area contributed by atoms with Crippen molar-refractivity contribution in [1.82, 2.24) is 0 Å². The molecule has 1 N–H and O–H groups in total. The zero-order valence-electron chi connectivity index (χ0n) is 24.3. The summed E-state index contributed by atoms with van der Waals surface area (Å²) in [6.07, 6.45) is 2.54. The molecule has 0 radical (unpaired) electrons. The van der Waals surface area contributed by atoms with Crippen molar-refractivity contribution in [2.75, 3.05) is 12.4 Å². The fourth-order valence-corrected chi connectivity index (χ4v) is 4.72. The van der Waals surface area contributed by atoms with Gasteiger partial charge in [-0.05, 0) is 85.2 Å². The summed E-state index contributed by atoms with van der Waals surface area (Å²) in [6, 6.07) is 15.0. The fraction of sp³-hybridized carbons (Fsp3) is 0.394. The number of halogens is 1. The lowest BCUT2D eigenvalue weighted by Gasteiger charge is -2.20. The Hall–Kier alpha value is -3.87. The molecule has 0 unspecified atom stereocenters. The minimum Gasteiger partial charge on any atom is -0.496 e. The second-order valence-electron chi connectivity index (χ2n) is 9.84. The van der Waals surface area contributed by atoms with Crippen LogP contribution in [-0.2, 0) is 17.8 Å². The maximum absolute atomic E-state index is 13.3. The number of nitrogens with one attached hydrogen (secondary N) is 1. The predicted octanol–water partition coefficient (Wildman–Crippen LogP) is 9.07. The summed E-state index contributed by atoms with van der Waals surface area (Å²) in [7, 11) is 1.53. The van der Waals surface area contributed by atoms with Gasteiger partial charge in [0, 0.05) is 17.2 Å². The van der Waals surface area contributed by atoms with E-state index < -0.39 is 6.09 Å². The number of amides is 1. The Morgan fingerprint density at radius 2 is 1.52 bits per heavy atom. The van der Waals surface area contributed by atoms with Gasteiger partial charge in [0.05, 0.1) is 12.7 Å². The van der Waals surface area contributed by atoms with Gasteiger partial charge in [0.15, 0.2) is 5.78 Å². The number of rotatable bonds is 13. The van der Waals surface area contributed by atoms with Gasteiger partial charge in [0.25, 0.3) is 0 Å². The first-order chi connectivity index (χ1) is 19.3. The minimum absolute atomic E-state index is 0.0280. The molecule has 6 nitrogen and oxygen atoms in total. The van der Waals surface area contributed by atoms with Crippen LogP contribution in [0.2, 0.25) is 0 Å². The van der Waals surface area contributed by atoms with Gasteiger partial charge >= 0.3 is 6.09 Å². The first-order valence-electron chi connectivity index (χ1n) is 14.0. The van der Waals surface area contributed by atoms with E-state index in [0.29, 0.717) is 40.5 Å². The van der Waals surface area contributed by atoms with Gasteiger partial charge in [0.2, 0.25) is 0 Å². The van der Waals surface area contributed by atoms with Crippen LogP contribution in [0.15, 0.2) is 54.6 Å². The average Bonchev–Trinajstić information content (AvgIpc) is 2.97. The number of carbonyl (C=O) groups excluding carboxylic acids is 2. The van der Waals surface area contributed by atoms with Crippen LogP contribution in [0.4, 0.5) is 14.9 Å². The molecule has 1 amide bonds. The van der Waals surface area contributed by atoms with E-state index in [1.54, 1.807) is 24.3 Å². The van der Waals surface area contributed by atoms with E-state index >= 15 is 0 Å². The molecule has 0 aromatic heterocycles. The van der Waals surface area contributed by atoms with E-state index in [2.05, 4.69) is 19.2 Å². The second-order valence-corrected chi connectivity index (χ2v) is 9.84. The predicted molar refractivity (Wildman–Crippen MR) is 156 cm³/mol. The minimum atomic E-state index is -0.615. The molecule has 0 aliphatic heterocycles. The van der Waals surface area contributed by atoms with Gasteiger partial charge in [-0.2, -0.15) is 0 Å². The molecule has 3 rings (SSSR count). The highest BCUT2D eigenvalue weighted by Gasteiger charge is 2.24. The van der Waals surface area contributed by atoms with Crippen LogP contribution in [0, 0.1) is 11.7 Å². The number of benzene rings is 3. The Morgan fingerprint density at radius 3 is 2.12 bits per heavy atom. The SMILES string of the molecule is CCc1ccc(COC(=O)Nc2ccc(Oc3ccc(F)cc3)cc2C(CC)CC)c(OC)c1C(=O)[C@H](C)CC. The Bertz CT molecular complexity index is 1300. The fourth-order valence-electron chi connectivity index (χ4n) is 4.72. The van der Waals surface area contributed by atoms with Crippen LogP contribution in [0.25, 0.3) is 0 Å². The van der Waals surface area contributed by atoms with Crippen molar-refractivity contribution in [3.05, 3.63) is 82.7 Å². The van der Waals surface area contributed by atoms with Crippen LogP contribution in [-0.4, -0.2) is 19.0 Å². The van der Waals surface area contributed by atoms with Gasteiger partial charge in [0.1, 0.15) is 29.7 Å². The molecule has 7 heteroatoms. The molecule has 3 aromatic rings. The van der Waals surface area contributed by atoms with E-state index in [-0.39, 0.29) is 30.0 Å². The molecule has 40 heavy (non-hydrogen) atoms. The molecule has 0 saturated carbocycles. The zero-order chi connectivity index (χ0) is 29.2. The maximum Gasteiger partial charge on any atom is 0.411 e. The lowest BCUT2D eigenvalue weighted by atomic mass is 9.90. The summed E-state index contributed by atoms with van der Waals surface area (Å²) in [5.74, 6) is 1.30. The molecule has 1 atom stereocenters. The standard InChI is InChI=1S/C33H40FNO5/c1-7-21(5)31(36)30-23(10-4)11-12-24(32(30)38-6)20-39-33(37)35-29-18-17-27(19-28(29)22(8-2)9-3)40-26-15-13-25(34)14-16-26/h11-19,21-22H,7-10,20H2,1-6H3,(H,35,37)/t21-/m1/s1.